The molecule has 13 heavy (non-hydrogen) atoms. The predicted molar refractivity (Wildman–Crippen MR) is 49.6 cm³/mol. The maximum atomic E-state index is 10.0. The highest BCUT2D eigenvalue weighted by atomic mass is 35.5. The molecule has 0 saturated heterocycles. The lowest BCUT2D eigenvalue weighted by Crippen LogP contribution is -1.98. The van der Waals surface area contributed by atoms with E-state index < -0.39 is 0 Å². The highest BCUT2D eigenvalue weighted by Gasteiger charge is 2.02. The zero-order valence-corrected chi connectivity index (χ0v) is 7.88. The Morgan fingerprint density at radius 1 is 1.54 bits per heavy atom. The molecular formula is C9H9ClO3. The van der Waals surface area contributed by atoms with Gasteiger partial charge in [-0.15, -0.1) is 0 Å². The van der Waals surface area contributed by atoms with Gasteiger partial charge >= 0.3 is 0 Å². The summed E-state index contributed by atoms with van der Waals surface area (Å²) >= 11 is 5.82. The molecule has 0 aliphatic rings. The molecule has 0 N–H and O–H groups in total. The van der Waals surface area contributed by atoms with E-state index >= 15 is 0 Å². The number of ether oxygens (including phenoxy) is 2. The number of halogens is 1. The van der Waals surface area contributed by atoms with Gasteiger partial charge in [0.05, 0.1) is 12.1 Å². The van der Waals surface area contributed by atoms with Crippen LogP contribution in [0.5, 0.6) is 11.5 Å². The molecule has 0 heterocycles. The zero-order chi connectivity index (χ0) is 9.68. The van der Waals surface area contributed by atoms with Crippen LogP contribution in [0.2, 0.25) is 5.02 Å². The summed E-state index contributed by atoms with van der Waals surface area (Å²) in [4.78, 5) is 10.0. The van der Waals surface area contributed by atoms with Crippen LogP contribution in [-0.2, 0) is 4.79 Å². The normalized spacial score (nSPS) is 9.38. The molecule has 3 nitrogen and oxygen atoms in total. The zero-order valence-electron chi connectivity index (χ0n) is 7.12. The van der Waals surface area contributed by atoms with Crippen LogP contribution < -0.4 is 9.47 Å². The lowest BCUT2D eigenvalue weighted by atomic mass is 10.3. The number of aldehydes is 1. The van der Waals surface area contributed by atoms with Crippen LogP contribution in [-0.4, -0.2) is 20.0 Å². The standard InChI is InChI=1S/C9H9ClO3/c1-12-7-2-3-9(8(10)6-7)13-5-4-11/h2-4,6H,5H2,1H3. The fourth-order valence-electron chi connectivity index (χ4n) is 0.849. The van der Waals surface area contributed by atoms with E-state index in [2.05, 4.69) is 0 Å². The third-order valence-corrected chi connectivity index (χ3v) is 1.74. The summed E-state index contributed by atoms with van der Waals surface area (Å²) in [5.74, 6) is 1.14. The Balaban J connectivity index is 2.78. The van der Waals surface area contributed by atoms with Crippen molar-refractivity contribution in [1.29, 1.82) is 0 Å². The van der Waals surface area contributed by atoms with E-state index in [0.29, 0.717) is 22.8 Å². The van der Waals surface area contributed by atoms with Gasteiger partial charge in [0.25, 0.3) is 0 Å². The van der Waals surface area contributed by atoms with Gasteiger partial charge in [-0.1, -0.05) is 11.6 Å². The number of carbonyl (C=O) groups is 1. The Morgan fingerprint density at radius 3 is 2.85 bits per heavy atom. The summed E-state index contributed by atoms with van der Waals surface area (Å²) in [6, 6.07) is 5.00. The molecule has 0 unspecified atom stereocenters. The minimum Gasteiger partial charge on any atom is -0.497 e. The van der Waals surface area contributed by atoms with Crippen molar-refractivity contribution in [2.24, 2.45) is 0 Å². The van der Waals surface area contributed by atoms with Gasteiger partial charge in [0.2, 0.25) is 0 Å². The van der Waals surface area contributed by atoms with Crippen molar-refractivity contribution < 1.29 is 14.3 Å². The maximum absolute atomic E-state index is 10.0. The summed E-state index contributed by atoms with van der Waals surface area (Å²) in [6.07, 6.45) is 0.667. The first-order valence-corrected chi connectivity index (χ1v) is 4.05. The van der Waals surface area contributed by atoms with Gasteiger partial charge in [-0.05, 0) is 12.1 Å². The van der Waals surface area contributed by atoms with Crippen LogP contribution in [0.15, 0.2) is 18.2 Å². The Hall–Kier alpha value is -1.22. The molecular weight excluding hydrogens is 192 g/mol. The quantitative estimate of drug-likeness (QED) is 0.697. The Labute approximate surface area is 81.2 Å². The number of hydrogen-bond donors (Lipinski definition) is 0. The number of rotatable bonds is 4. The van der Waals surface area contributed by atoms with Crippen LogP contribution in [0.1, 0.15) is 0 Å². The molecule has 0 radical (unpaired) electrons. The second-order valence-electron chi connectivity index (χ2n) is 2.27. The van der Waals surface area contributed by atoms with Gasteiger partial charge in [-0.25, -0.2) is 0 Å². The molecule has 0 spiro atoms. The number of benzene rings is 1. The van der Waals surface area contributed by atoms with E-state index in [1.54, 1.807) is 25.3 Å². The molecule has 0 bridgehead atoms. The van der Waals surface area contributed by atoms with E-state index in [1.807, 2.05) is 0 Å². The molecule has 0 aromatic heterocycles. The molecule has 70 valence electrons. The van der Waals surface area contributed by atoms with Crippen molar-refractivity contribution in [3.63, 3.8) is 0 Å². The molecule has 1 aromatic rings. The van der Waals surface area contributed by atoms with Crippen molar-refractivity contribution in [2.45, 2.75) is 0 Å². The minimum atomic E-state index is 0.00600. The monoisotopic (exact) mass is 200 g/mol. The molecule has 0 fully saturated rings. The lowest BCUT2D eigenvalue weighted by Gasteiger charge is -2.05. The smallest absolute Gasteiger partial charge is 0.157 e. The van der Waals surface area contributed by atoms with Gasteiger partial charge in [0.15, 0.2) is 6.29 Å². The topological polar surface area (TPSA) is 35.5 Å². The summed E-state index contributed by atoms with van der Waals surface area (Å²) in [6.45, 7) is 0.00600. The fourth-order valence-corrected chi connectivity index (χ4v) is 1.07. The van der Waals surface area contributed by atoms with Gasteiger partial charge < -0.3 is 9.47 Å². The van der Waals surface area contributed by atoms with E-state index in [-0.39, 0.29) is 6.61 Å². The third kappa shape index (κ3) is 2.63. The second kappa shape index (κ2) is 4.72. The van der Waals surface area contributed by atoms with Gasteiger partial charge in [0, 0.05) is 6.07 Å². The molecule has 1 aromatic carbocycles. The molecule has 0 atom stereocenters. The van der Waals surface area contributed by atoms with Crippen LogP contribution in [0.4, 0.5) is 0 Å². The summed E-state index contributed by atoms with van der Waals surface area (Å²) in [5, 5.41) is 0.432. The fraction of sp³-hybridized carbons (Fsp3) is 0.222. The van der Waals surface area contributed by atoms with Gasteiger partial charge in [-0.3, -0.25) is 4.79 Å². The van der Waals surface area contributed by atoms with Crippen molar-refractivity contribution in [1.82, 2.24) is 0 Å². The van der Waals surface area contributed by atoms with Crippen molar-refractivity contribution in [3.8, 4) is 11.5 Å². The highest BCUT2D eigenvalue weighted by Crippen LogP contribution is 2.28. The SMILES string of the molecule is COc1ccc(OCC=O)c(Cl)c1. The molecule has 0 amide bonds. The van der Waals surface area contributed by atoms with Crippen LogP contribution in [0.3, 0.4) is 0 Å². The second-order valence-corrected chi connectivity index (χ2v) is 2.68. The van der Waals surface area contributed by atoms with Crippen LogP contribution in [0.25, 0.3) is 0 Å². The number of carbonyl (C=O) groups excluding carboxylic acids is 1. The van der Waals surface area contributed by atoms with Gasteiger partial charge in [-0.2, -0.15) is 0 Å². The number of hydrogen-bond acceptors (Lipinski definition) is 3. The van der Waals surface area contributed by atoms with Crippen LogP contribution in [0, 0.1) is 0 Å². The molecule has 1 rings (SSSR count). The molecule has 4 heteroatoms. The number of methoxy groups -OCH3 is 1. The van der Waals surface area contributed by atoms with Crippen molar-refractivity contribution >= 4 is 17.9 Å². The van der Waals surface area contributed by atoms with Gasteiger partial charge in [0.1, 0.15) is 18.1 Å². The lowest BCUT2D eigenvalue weighted by molar-refractivity contribution is -0.109. The Morgan fingerprint density at radius 2 is 2.31 bits per heavy atom. The molecule has 0 aliphatic carbocycles. The third-order valence-electron chi connectivity index (χ3n) is 1.45. The first-order valence-electron chi connectivity index (χ1n) is 3.68. The summed E-state index contributed by atoms with van der Waals surface area (Å²) in [5.41, 5.74) is 0. The first-order chi connectivity index (χ1) is 6.27. The van der Waals surface area contributed by atoms with E-state index in [4.69, 9.17) is 21.1 Å². The average molecular weight is 201 g/mol. The first kappa shape index (κ1) is 9.86. The maximum Gasteiger partial charge on any atom is 0.157 e. The Kier molecular flexibility index (Phi) is 3.58. The minimum absolute atomic E-state index is 0.00600. The summed E-state index contributed by atoms with van der Waals surface area (Å²) < 4.78 is 9.97. The molecule has 0 aliphatic heterocycles. The van der Waals surface area contributed by atoms with Crippen LogP contribution >= 0.6 is 11.6 Å². The summed E-state index contributed by atoms with van der Waals surface area (Å²) in [7, 11) is 1.55. The van der Waals surface area contributed by atoms with Crippen molar-refractivity contribution in [2.75, 3.05) is 13.7 Å². The van der Waals surface area contributed by atoms with E-state index in [1.165, 1.54) is 0 Å². The Bertz CT molecular complexity index is 299. The van der Waals surface area contributed by atoms with E-state index in [0.717, 1.165) is 0 Å². The predicted octanol–water partition coefficient (Wildman–Crippen LogP) is 1.93. The van der Waals surface area contributed by atoms with Crippen molar-refractivity contribution in [3.05, 3.63) is 23.2 Å². The van der Waals surface area contributed by atoms with E-state index in [9.17, 15) is 4.79 Å². The largest absolute Gasteiger partial charge is 0.497 e. The highest BCUT2D eigenvalue weighted by molar-refractivity contribution is 6.32. The average Bonchev–Trinajstić information content (AvgIpc) is 2.16. The molecule has 0 saturated carbocycles.